The molecule has 0 unspecified atom stereocenters. The molecule has 0 N–H and O–H groups in total. The van der Waals surface area contributed by atoms with Crippen LogP contribution in [0.15, 0.2) is 52.3 Å². The number of ether oxygens (including phenoxy) is 17. The van der Waals surface area contributed by atoms with E-state index in [1.807, 2.05) is 29.2 Å². The maximum absolute atomic E-state index is 13.6. The summed E-state index contributed by atoms with van der Waals surface area (Å²) >= 11 is 1.49. The molecular formula is C54H88F3N3O18S. The molecule has 0 aromatic heterocycles. The number of para-hydroxylation sites is 1. The van der Waals surface area contributed by atoms with Crippen LogP contribution in [0.25, 0.3) is 0 Å². The lowest BCUT2D eigenvalue weighted by Crippen LogP contribution is -2.49. The fourth-order valence-electron chi connectivity index (χ4n) is 7.46. The van der Waals surface area contributed by atoms with Crippen LogP contribution in [0.1, 0.15) is 12.0 Å². The fourth-order valence-corrected chi connectivity index (χ4v) is 8.53. The van der Waals surface area contributed by atoms with E-state index in [2.05, 4.69) is 4.90 Å². The molecule has 2 heterocycles. The lowest BCUT2D eigenvalue weighted by atomic mass is 10.1. The average Bonchev–Trinajstić information content (AvgIpc) is 3.50. The van der Waals surface area contributed by atoms with Gasteiger partial charge in [0, 0.05) is 49.6 Å². The number of fused-ring (bicyclic) bond motifs is 2. The summed E-state index contributed by atoms with van der Waals surface area (Å²) in [6, 6.07) is 11.7. The first-order valence-corrected chi connectivity index (χ1v) is 28.2. The molecule has 1 amide bonds. The third-order valence-corrected chi connectivity index (χ3v) is 12.7. The zero-order chi connectivity index (χ0) is 56.0. The monoisotopic (exact) mass is 1160 g/mol. The van der Waals surface area contributed by atoms with Crippen molar-refractivity contribution in [1.29, 1.82) is 0 Å². The number of alkyl halides is 3. The Kier molecular flexibility index (Phi) is 40.3. The van der Waals surface area contributed by atoms with E-state index in [0.29, 0.717) is 237 Å². The number of halogens is 3. The quantitative estimate of drug-likeness (QED) is 0.0773. The summed E-state index contributed by atoms with van der Waals surface area (Å²) in [7, 11) is 1.64. The van der Waals surface area contributed by atoms with Gasteiger partial charge in [0.2, 0.25) is 0 Å². The van der Waals surface area contributed by atoms with Gasteiger partial charge >= 0.3 is 12.3 Å². The van der Waals surface area contributed by atoms with Crippen LogP contribution < -0.4 is 4.90 Å². The lowest BCUT2D eigenvalue weighted by molar-refractivity contribution is -0.137. The van der Waals surface area contributed by atoms with E-state index < -0.39 is 11.7 Å². The van der Waals surface area contributed by atoms with Crippen LogP contribution in [0.2, 0.25) is 0 Å². The normalized spacial score (nSPS) is 13.8. The molecule has 2 aromatic rings. The Hall–Kier alpha value is -3.03. The molecule has 0 bridgehead atoms. The molecule has 0 aliphatic carbocycles. The van der Waals surface area contributed by atoms with E-state index in [-0.39, 0.29) is 19.3 Å². The number of amides is 1. The van der Waals surface area contributed by atoms with Crippen LogP contribution in [-0.4, -0.2) is 274 Å². The van der Waals surface area contributed by atoms with Crippen molar-refractivity contribution in [3.63, 3.8) is 0 Å². The van der Waals surface area contributed by atoms with Gasteiger partial charge in [0.1, 0.15) is 6.61 Å². The Morgan fingerprint density at radius 3 is 1.14 bits per heavy atom. The smallest absolute Gasteiger partial charge is 0.416 e. The summed E-state index contributed by atoms with van der Waals surface area (Å²) in [5.74, 6) is 0. The van der Waals surface area contributed by atoms with Gasteiger partial charge in [-0.05, 0) is 43.3 Å². The number of carbonyl (C=O) groups excluding carboxylic acids is 1. The summed E-state index contributed by atoms with van der Waals surface area (Å²) in [5, 5.41) is 0. The first-order chi connectivity index (χ1) is 38.9. The third-order valence-electron chi connectivity index (χ3n) is 11.5. The molecule has 0 spiro atoms. The Morgan fingerprint density at radius 2 is 0.772 bits per heavy atom. The third kappa shape index (κ3) is 33.6. The first-order valence-electron chi connectivity index (χ1n) is 27.4. The fraction of sp³-hybridized carbons (Fsp3) is 0.759. The molecule has 1 fully saturated rings. The Bertz CT molecular complexity index is 1780. The molecule has 0 radical (unpaired) electrons. The number of anilines is 2. The highest BCUT2D eigenvalue weighted by atomic mass is 32.2. The molecule has 2 aliphatic rings. The van der Waals surface area contributed by atoms with E-state index in [9.17, 15) is 18.0 Å². The molecule has 0 saturated carbocycles. The molecule has 2 aliphatic heterocycles. The number of rotatable bonds is 52. The van der Waals surface area contributed by atoms with Gasteiger partial charge in [0.25, 0.3) is 0 Å². The summed E-state index contributed by atoms with van der Waals surface area (Å²) in [4.78, 5) is 20.4. The van der Waals surface area contributed by atoms with Gasteiger partial charge in [-0.25, -0.2) is 4.79 Å². The van der Waals surface area contributed by atoms with Crippen molar-refractivity contribution in [2.75, 3.05) is 263 Å². The van der Waals surface area contributed by atoms with Gasteiger partial charge < -0.3 is 90.3 Å². The minimum absolute atomic E-state index is 0.140. The number of hydrogen-bond donors (Lipinski definition) is 0. The van der Waals surface area contributed by atoms with Gasteiger partial charge in [0.15, 0.2) is 0 Å². The van der Waals surface area contributed by atoms with Gasteiger partial charge in [0.05, 0.1) is 222 Å². The molecule has 4 rings (SSSR count). The van der Waals surface area contributed by atoms with Crippen LogP contribution in [-0.2, 0) is 86.7 Å². The second-order valence-corrected chi connectivity index (χ2v) is 18.5. The van der Waals surface area contributed by atoms with Crippen LogP contribution in [0.3, 0.4) is 0 Å². The summed E-state index contributed by atoms with van der Waals surface area (Å²) in [5.41, 5.74) is 0.836. The highest BCUT2D eigenvalue weighted by Gasteiger charge is 2.33. The molecular weight excluding hydrogens is 1070 g/mol. The predicted molar refractivity (Wildman–Crippen MR) is 287 cm³/mol. The number of benzene rings is 2. The summed E-state index contributed by atoms with van der Waals surface area (Å²) in [6.45, 7) is 18.6. The van der Waals surface area contributed by atoms with Crippen molar-refractivity contribution in [3.8, 4) is 0 Å². The topological polar surface area (TPSA) is 184 Å². The van der Waals surface area contributed by atoms with Crippen molar-refractivity contribution in [1.82, 2.24) is 9.80 Å². The van der Waals surface area contributed by atoms with Crippen LogP contribution in [0.5, 0.6) is 0 Å². The number of nitrogens with zero attached hydrogens (tertiary/aromatic N) is 3. The number of methoxy groups -OCH3 is 1. The van der Waals surface area contributed by atoms with Gasteiger partial charge in [-0.15, -0.1) is 0 Å². The highest BCUT2D eigenvalue weighted by molar-refractivity contribution is 7.99. The molecule has 21 nitrogen and oxygen atoms in total. The summed E-state index contributed by atoms with van der Waals surface area (Å²) < 4.78 is 133. The SMILES string of the molecule is COCCOCCOCCOCCOCCOCCOCCOCCOCCOCCOCCOCCOCCOCCOCCOCCOC(=O)N1CCN(CCCN2c3ccccc3Sc3ccc(C(F)(F)F)cc32)CC1. The van der Waals surface area contributed by atoms with Crippen molar-refractivity contribution >= 4 is 29.2 Å². The Balaban J connectivity index is 0.781. The highest BCUT2D eigenvalue weighted by Crippen LogP contribution is 2.49. The van der Waals surface area contributed by atoms with E-state index in [0.717, 1.165) is 34.5 Å². The molecule has 25 heteroatoms. The zero-order valence-corrected chi connectivity index (χ0v) is 47.2. The average molecular weight is 1160 g/mol. The molecule has 0 atom stereocenters. The minimum Gasteiger partial charge on any atom is -0.447 e. The lowest BCUT2D eigenvalue weighted by Gasteiger charge is -2.36. The first kappa shape index (κ1) is 68.5. The Morgan fingerprint density at radius 1 is 0.430 bits per heavy atom. The van der Waals surface area contributed by atoms with Crippen molar-refractivity contribution < 1.29 is 98.5 Å². The van der Waals surface area contributed by atoms with Gasteiger partial charge in [-0.2, -0.15) is 13.2 Å². The van der Waals surface area contributed by atoms with Gasteiger partial charge in [-0.3, -0.25) is 4.90 Å². The predicted octanol–water partition coefficient (Wildman–Crippen LogP) is 5.35. The molecule has 454 valence electrons. The van der Waals surface area contributed by atoms with E-state index >= 15 is 0 Å². The van der Waals surface area contributed by atoms with Gasteiger partial charge in [-0.1, -0.05) is 23.9 Å². The van der Waals surface area contributed by atoms with E-state index in [4.69, 9.17) is 80.5 Å². The Labute approximate surface area is 469 Å². The zero-order valence-electron chi connectivity index (χ0n) is 46.4. The van der Waals surface area contributed by atoms with Crippen LogP contribution >= 0.6 is 11.8 Å². The maximum atomic E-state index is 13.6. The number of piperazine rings is 1. The second kappa shape index (κ2) is 46.5. The molecule has 1 saturated heterocycles. The van der Waals surface area contributed by atoms with Crippen molar-refractivity contribution in [2.45, 2.75) is 22.4 Å². The van der Waals surface area contributed by atoms with Crippen LogP contribution in [0.4, 0.5) is 29.3 Å². The van der Waals surface area contributed by atoms with Crippen molar-refractivity contribution in [2.24, 2.45) is 0 Å². The largest absolute Gasteiger partial charge is 0.447 e. The summed E-state index contributed by atoms with van der Waals surface area (Å²) in [6.07, 6.45) is -4.04. The van der Waals surface area contributed by atoms with Crippen molar-refractivity contribution in [3.05, 3.63) is 48.0 Å². The standard InChI is InChI=1S/C54H88F3N3O18S/c1-62-15-16-63-17-18-64-19-20-65-21-22-66-23-24-67-25-26-68-27-28-69-29-30-70-31-32-71-33-34-72-35-36-73-37-38-74-39-40-75-41-42-76-43-44-77-45-46-78-53(61)59-13-11-58(12-14-59)9-4-10-60-49-5-2-3-6-51(49)79-52-8-7-48(47-50(52)60)54(55,56)57/h2-3,5-8,47H,4,9-46H2,1H3. The minimum atomic E-state index is -4.42. The van der Waals surface area contributed by atoms with Crippen LogP contribution in [0, 0.1) is 0 Å². The molecule has 79 heavy (non-hydrogen) atoms. The van der Waals surface area contributed by atoms with E-state index in [1.165, 1.54) is 17.8 Å². The van der Waals surface area contributed by atoms with E-state index in [1.54, 1.807) is 18.1 Å². The maximum Gasteiger partial charge on any atom is 0.416 e. The second-order valence-electron chi connectivity index (χ2n) is 17.4. The number of hydrogen-bond acceptors (Lipinski definition) is 21. The number of carbonyl (C=O) groups is 1. The molecule has 2 aromatic carbocycles.